The van der Waals surface area contributed by atoms with E-state index < -0.39 is 47.5 Å². The molecule has 47 heavy (non-hydrogen) atoms. The Hall–Kier alpha value is -5.46. The van der Waals surface area contributed by atoms with Crippen LogP contribution < -0.4 is 40.2 Å². The molecular weight excluding hydrogens is 608 g/mol. The van der Waals surface area contributed by atoms with Crippen molar-refractivity contribution in [3.05, 3.63) is 77.4 Å². The smallest absolute Gasteiger partial charge is 0.408 e. The molecule has 3 atom stereocenters. The molecule has 3 aromatic rings. The van der Waals surface area contributed by atoms with Gasteiger partial charge in [0.05, 0.1) is 21.3 Å². The Morgan fingerprint density at radius 3 is 2.15 bits per heavy atom. The van der Waals surface area contributed by atoms with Crippen LogP contribution in [0.3, 0.4) is 0 Å². The summed E-state index contributed by atoms with van der Waals surface area (Å²) in [6, 6.07) is 12.8. The highest BCUT2D eigenvalue weighted by Gasteiger charge is 2.33. The maximum absolute atomic E-state index is 14.1. The monoisotopic (exact) mass is 648 g/mol. The van der Waals surface area contributed by atoms with Gasteiger partial charge in [-0.1, -0.05) is 18.2 Å². The van der Waals surface area contributed by atoms with Gasteiger partial charge in [-0.3, -0.25) is 14.4 Å². The van der Waals surface area contributed by atoms with Crippen LogP contribution in [0.1, 0.15) is 49.5 Å². The Morgan fingerprint density at radius 1 is 0.830 bits per heavy atom. The number of rotatable bonds is 7. The fourth-order valence-electron chi connectivity index (χ4n) is 4.89. The van der Waals surface area contributed by atoms with Crippen molar-refractivity contribution in [1.82, 2.24) is 21.3 Å². The van der Waals surface area contributed by atoms with Gasteiger partial charge in [-0.25, -0.2) is 4.79 Å². The van der Waals surface area contributed by atoms with E-state index in [4.69, 9.17) is 23.7 Å². The Balaban J connectivity index is 1.88. The van der Waals surface area contributed by atoms with Gasteiger partial charge < -0.3 is 45.0 Å². The molecule has 0 aromatic heterocycles. The number of benzene rings is 3. The molecule has 13 heteroatoms. The summed E-state index contributed by atoms with van der Waals surface area (Å²) in [6.45, 7) is 5.08. The number of likely N-dealkylation sites (N-methyl/N-ethyl adjacent to an activating group) is 1. The molecule has 4 rings (SSSR count). The minimum atomic E-state index is -1.33. The second-order valence-corrected chi connectivity index (χ2v) is 11.7. The van der Waals surface area contributed by atoms with E-state index in [1.54, 1.807) is 81.4 Å². The predicted molar refractivity (Wildman–Crippen MR) is 172 cm³/mol. The summed E-state index contributed by atoms with van der Waals surface area (Å²) in [5.74, 6) is -0.132. The van der Waals surface area contributed by atoms with Crippen LogP contribution in [0.5, 0.6) is 28.7 Å². The summed E-state index contributed by atoms with van der Waals surface area (Å²) in [5.41, 5.74) is 0.519. The number of carbonyl (C=O) groups is 4. The zero-order chi connectivity index (χ0) is 34.3. The molecule has 0 fully saturated rings. The summed E-state index contributed by atoms with van der Waals surface area (Å²) in [6.07, 6.45) is -0.813. The normalized spacial score (nSPS) is 17.9. The highest BCUT2D eigenvalue weighted by atomic mass is 16.6. The van der Waals surface area contributed by atoms with E-state index in [0.29, 0.717) is 33.9 Å². The Morgan fingerprint density at radius 2 is 1.53 bits per heavy atom. The number of nitrogens with one attached hydrogen (secondary N) is 4. The first-order valence-electron chi connectivity index (χ1n) is 14.8. The maximum Gasteiger partial charge on any atom is 0.408 e. The Bertz CT molecular complexity index is 1620. The van der Waals surface area contributed by atoms with Crippen molar-refractivity contribution in [2.75, 3.05) is 28.4 Å². The summed E-state index contributed by atoms with van der Waals surface area (Å²) in [5, 5.41) is 10.8. The lowest BCUT2D eigenvalue weighted by Crippen LogP contribution is -2.53. The zero-order valence-electron chi connectivity index (χ0n) is 27.4. The molecule has 1 aliphatic heterocycles. The first kappa shape index (κ1) is 34.4. The van der Waals surface area contributed by atoms with Crippen LogP contribution >= 0.6 is 0 Å². The topological polar surface area (TPSA) is 163 Å². The molecule has 0 unspecified atom stereocenters. The lowest BCUT2D eigenvalue weighted by atomic mass is 10.00. The Labute approximate surface area is 273 Å². The van der Waals surface area contributed by atoms with Crippen LogP contribution in [-0.2, 0) is 25.5 Å². The van der Waals surface area contributed by atoms with E-state index in [2.05, 4.69) is 21.3 Å². The van der Waals surface area contributed by atoms with Crippen molar-refractivity contribution in [2.45, 2.75) is 50.9 Å². The molecule has 0 saturated carbocycles. The molecule has 4 bridgehead atoms. The van der Waals surface area contributed by atoms with Crippen LogP contribution in [0, 0.1) is 0 Å². The Kier molecular flexibility index (Phi) is 10.8. The van der Waals surface area contributed by atoms with Crippen LogP contribution in [0.15, 0.2) is 60.7 Å². The van der Waals surface area contributed by atoms with Gasteiger partial charge in [-0.2, -0.15) is 0 Å². The van der Waals surface area contributed by atoms with Crippen molar-refractivity contribution in [1.29, 1.82) is 0 Å². The molecule has 250 valence electrons. The summed E-state index contributed by atoms with van der Waals surface area (Å²) in [7, 11) is 5.90. The van der Waals surface area contributed by atoms with E-state index >= 15 is 0 Å². The van der Waals surface area contributed by atoms with Gasteiger partial charge in [-0.05, 0) is 73.9 Å². The van der Waals surface area contributed by atoms with Crippen molar-refractivity contribution >= 4 is 23.8 Å². The van der Waals surface area contributed by atoms with E-state index in [1.165, 1.54) is 28.4 Å². The minimum Gasteiger partial charge on any atom is -0.497 e. The first-order chi connectivity index (χ1) is 22.3. The molecular formula is C34H40N4O9. The molecule has 4 amide bonds. The number of hydrogen-bond donors (Lipinski definition) is 4. The fourth-order valence-corrected chi connectivity index (χ4v) is 4.89. The van der Waals surface area contributed by atoms with Gasteiger partial charge in [0.25, 0.3) is 0 Å². The van der Waals surface area contributed by atoms with Crippen LogP contribution in [-0.4, -0.2) is 63.8 Å². The number of methoxy groups -OCH3 is 3. The van der Waals surface area contributed by atoms with E-state index in [9.17, 15) is 19.2 Å². The molecule has 1 aliphatic rings. The second-order valence-electron chi connectivity index (χ2n) is 11.7. The third kappa shape index (κ3) is 8.84. The van der Waals surface area contributed by atoms with Crippen LogP contribution in [0.2, 0.25) is 0 Å². The average molecular weight is 649 g/mol. The largest absolute Gasteiger partial charge is 0.497 e. The van der Waals surface area contributed by atoms with Crippen LogP contribution in [0.4, 0.5) is 4.79 Å². The zero-order valence-corrected chi connectivity index (χ0v) is 27.4. The van der Waals surface area contributed by atoms with E-state index in [1.807, 2.05) is 0 Å². The summed E-state index contributed by atoms with van der Waals surface area (Å²) < 4.78 is 27.9. The van der Waals surface area contributed by atoms with E-state index in [0.717, 1.165) is 0 Å². The standard InChI is InChI=1S/C34H40N4O9/c1-34(2,3)47-33(42)38-28-20-10-13-26(45-7)27(17-20)46-24-16-21(15-23(18-24)44-6)29(31(40)35-4)37-30(39)25(36-32(28)41)14-19-8-11-22(43-5)12-9-19/h8-13,15-18,25,28-29H,14H2,1-7H3,(H,35,40)(H,36,41)(H,37,39)(H,38,42)/t25-,28-,29+/m1/s1. The van der Waals surface area contributed by atoms with Crippen molar-refractivity contribution < 1.29 is 42.9 Å². The summed E-state index contributed by atoms with van der Waals surface area (Å²) in [4.78, 5) is 54.2. The fraction of sp³-hybridized carbons (Fsp3) is 0.353. The average Bonchev–Trinajstić information content (AvgIpc) is 3.04. The van der Waals surface area contributed by atoms with Gasteiger partial charge in [0, 0.05) is 19.5 Å². The number of fused-ring (bicyclic) bond motifs is 4. The van der Waals surface area contributed by atoms with Gasteiger partial charge in [0.2, 0.25) is 17.7 Å². The van der Waals surface area contributed by atoms with E-state index in [-0.39, 0.29) is 17.9 Å². The van der Waals surface area contributed by atoms with Crippen molar-refractivity contribution in [2.24, 2.45) is 0 Å². The molecule has 0 radical (unpaired) electrons. The van der Waals surface area contributed by atoms with Crippen molar-refractivity contribution in [3.63, 3.8) is 0 Å². The molecule has 1 heterocycles. The SMILES string of the molecule is CNC(=O)[C@H]1NC(=O)[C@@H](Cc2ccc(OC)cc2)NC(=O)[C@H](NC(=O)OC(C)(C)C)c2ccc(OC)c(c2)Oc2cc(OC)cc1c2. The number of ether oxygens (including phenoxy) is 5. The number of carbonyl (C=O) groups excluding carboxylic acids is 4. The molecule has 0 aliphatic carbocycles. The molecule has 0 spiro atoms. The third-order valence-corrected chi connectivity index (χ3v) is 7.17. The predicted octanol–water partition coefficient (Wildman–Crippen LogP) is 3.71. The van der Waals surface area contributed by atoms with Crippen LogP contribution in [0.25, 0.3) is 0 Å². The maximum atomic E-state index is 14.1. The highest BCUT2D eigenvalue weighted by molar-refractivity contribution is 5.95. The van der Waals surface area contributed by atoms with Gasteiger partial charge in [0.15, 0.2) is 11.5 Å². The number of amides is 4. The molecule has 0 saturated heterocycles. The van der Waals surface area contributed by atoms with Crippen molar-refractivity contribution in [3.8, 4) is 28.7 Å². The molecule has 4 N–H and O–H groups in total. The van der Waals surface area contributed by atoms with Gasteiger partial charge in [0.1, 0.15) is 41.0 Å². The lowest BCUT2D eigenvalue weighted by molar-refractivity contribution is -0.132. The lowest BCUT2D eigenvalue weighted by Gasteiger charge is -2.27. The minimum absolute atomic E-state index is 0.0432. The first-order valence-corrected chi connectivity index (χ1v) is 14.8. The summed E-state index contributed by atoms with van der Waals surface area (Å²) >= 11 is 0. The quantitative estimate of drug-likeness (QED) is 0.299. The van der Waals surface area contributed by atoms with Gasteiger partial charge in [-0.15, -0.1) is 0 Å². The number of hydrogen-bond acceptors (Lipinski definition) is 9. The third-order valence-electron chi connectivity index (χ3n) is 7.17. The second kappa shape index (κ2) is 14.8. The molecule has 3 aromatic carbocycles. The van der Waals surface area contributed by atoms with Gasteiger partial charge >= 0.3 is 6.09 Å². The molecule has 13 nitrogen and oxygen atoms in total. The highest BCUT2D eigenvalue weighted by Crippen LogP contribution is 2.37. The number of alkyl carbamates (subject to hydrolysis) is 1.